The summed E-state index contributed by atoms with van der Waals surface area (Å²) < 4.78 is 0. The van der Waals surface area contributed by atoms with Gasteiger partial charge >= 0.3 is 0 Å². The second-order valence-corrected chi connectivity index (χ2v) is 6.09. The zero-order valence-electron chi connectivity index (χ0n) is 13.2. The van der Waals surface area contributed by atoms with E-state index in [0.717, 1.165) is 18.7 Å². The quantitative estimate of drug-likeness (QED) is 0.867. The third-order valence-electron chi connectivity index (χ3n) is 4.57. The first-order chi connectivity index (χ1) is 10.7. The van der Waals surface area contributed by atoms with Gasteiger partial charge in [0.15, 0.2) is 0 Å². The van der Waals surface area contributed by atoms with E-state index in [2.05, 4.69) is 65.6 Å². The minimum atomic E-state index is -0.343. The second-order valence-electron chi connectivity index (χ2n) is 6.09. The van der Waals surface area contributed by atoms with Gasteiger partial charge in [-0.05, 0) is 36.1 Å². The molecule has 1 heterocycles. The Balaban J connectivity index is 1.88. The standard InChI is InChI=1S/C20H23NO/c1-15(16(2)22)19-13-21(14-19)20(17-9-5-3-6-10-17)18-11-7-4-8-12-18/h3-12,16,20,22H,13-14H2,1-2H3. The number of nitrogens with zero attached hydrogens (tertiary/aromatic N) is 1. The van der Waals surface area contributed by atoms with Crippen LogP contribution in [0, 0.1) is 0 Å². The van der Waals surface area contributed by atoms with Gasteiger partial charge < -0.3 is 5.11 Å². The molecule has 1 atom stereocenters. The topological polar surface area (TPSA) is 23.5 Å². The molecule has 1 saturated heterocycles. The van der Waals surface area contributed by atoms with E-state index in [1.165, 1.54) is 16.7 Å². The number of aliphatic hydroxyl groups is 1. The molecule has 1 fully saturated rings. The number of rotatable bonds is 4. The lowest BCUT2D eigenvalue weighted by Gasteiger charge is -2.42. The van der Waals surface area contributed by atoms with Crippen molar-refractivity contribution in [2.75, 3.05) is 13.1 Å². The first-order valence-electron chi connectivity index (χ1n) is 7.87. The van der Waals surface area contributed by atoms with Crippen molar-refractivity contribution in [1.29, 1.82) is 0 Å². The van der Waals surface area contributed by atoms with Crippen molar-refractivity contribution in [2.24, 2.45) is 0 Å². The van der Waals surface area contributed by atoms with Crippen LogP contribution in [0.2, 0.25) is 0 Å². The molecule has 1 unspecified atom stereocenters. The average Bonchev–Trinajstić information content (AvgIpc) is 2.51. The number of hydrogen-bond acceptors (Lipinski definition) is 2. The molecule has 0 bridgehead atoms. The molecule has 22 heavy (non-hydrogen) atoms. The van der Waals surface area contributed by atoms with Gasteiger partial charge in [0.25, 0.3) is 0 Å². The zero-order valence-corrected chi connectivity index (χ0v) is 13.2. The average molecular weight is 293 g/mol. The van der Waals surface area contributed by atoms with Gasteiger partial charge in [-0.1, -0.05) is 60.7 Å². The largest absolute Gasteiger partial charge is 0.389 e. The molecule has 0 spiro atoms. The Hall–Kier alpha value is -1.90. The summed E-state index contributed by atoms with van der Waals surface area (Å²) >= 11 is 0. The van der Waals surface area contributed by atoms with E-state index in [9.17, 15) is 5.11 Å². The Kier molecular flexibility index (Phi) is 4.41. The molecule has 2 nitrogen and oxygen atoms in total. The van der Waals surface area contributed by atoms with Crippen molar-refractivity contribution < 1.29 is 5.11 Å². The molecule has 3 rings (SSSR count). The highest BCUT2D eigenvalue weighted by Gasteiger charge is 2.31. The Morgan fingerprint density at radius 2 is 1.36 bits per heavy atom. The highest BCUT2D eigenvalue weighted by atomic mass is 16.3. The number of aliphatic hydroxyl groups excluding tert-OH is 1. The van der Waals surface area contributed by atoms with Crippen LogP contribution in [0.15, 0.2) is 71.8 Å². The van der Waals surface area contributed by atoms with Crippen LogP contribution in [0.3, 0.4) is 0 Å². The van der Waals surface area contributed by atoms with E-state index >= 15 is 0 Å². The fourth-order valence-electron chi connectivity index (χ4n) is 3.06. The smallest absolute Gasteiger partial charge is 0.0722 e. The Morgan fingerprint density at radius 3 is 1.77 bits per heavy atom. The van der Waals surface area contributed by atoms with Crippen LogP contribution in [0.25, 0.3) is 0 Å². The normalized spacial score (nSPS) is 16.5. The summed E-state index contributed by atoms with van der Waals surface area (Å²) in [6, 6.07) is 21.6. The Labute approximate surface area is 132 Å². The first kappa shape index (κ1) is 15.0. The van der Waals surface area contributed by atoms with E-state index in [0.29, 0.717) is 0 Å². The molecule has 114 valence electrons. The molecular weight excluding hydrogens is 270 g/mol. The monoisotopic (exact) mass is 293 g/mol. The summed E-state index contributed by atoms with van der Waals surface area (Å²) in [5, 5.41) is 9.74. The summed E-state index contributed by atoms with van der Waals surface area (Å²) in [7, 11) is 0. The number of hydrogen-bond donors (Lipinski definition) is 1. The Morgan fingerprint density at radius 1 is 0.909 bits per heavy atom. The minimum absolute atomic E-state index is 0.285. The molecule has 0 amide bonds. The maximum absolute atomic E-state index is 9.74. The number of likely N-dealkylation sites (tertiary alicyclic amines) is 1. The second kappa shape index (κ2) is 6.47. The van der Waals surface area contributed by atoms with Crippen LogP contribution < -0.4 is 0 Å². The molecule has 2 aromatic carbocycles. The predicted molar refractivity (Wildman–Crippen MR) is 90.7 cm³/mol. The molecule has 0 aromatic heterocycles. The third-order valence-corrected chi connectivity index (χ3v) is 4.57. The molecule has 0 aliphatic carbocycles. The summed E-state index contributed by atoms with van der Waals surface area (Å²) in [6.07, 6.45) is -0.343. The lowest BCUT2D eigenvalue weighted by molar-refractivity contribution is 0.185. The first-order valence-corrected chi connectivity index (χ1v) is 7.87. The molecule has 2 aromatic rings. The summed E-state index contributed by atoms with van der Waals surface area (Å²) in [5.74, 6) is 0. The molecule has 0 saturated carbocycles. The van der Waals surface area contributed by atoms with Crippen LogP contribution in [0.5, 0.6) is 0 Å². The lowest BCUT2D eigenvalue weighted by atomic mass is 9.90. The number of benzene rings is 2. The van der Waals surface area contributed by atoms with Crippen molar-refractivity contribution in [3.05, 3.63) is 82.9 Å². The van der Waals surface area contributed by atoms with E-state index in [1.807, 2.05) is 13.8 Å². The SMILES string of the molecule is CC(=C1CN(C(c2ccccc2)c2ccccc2)C1)C(C)O. The Bertz CT molecular complexity index is 598. The molecule has 1 N–H and O–H groups in total. The van der Waals surface area contributed by atoms with E-state index in [1.54, 1.807) is 0 Å². The molecular formula is C20H23NO. The predicted octanol–water partition coefficient (Wildman–Crippen LogP) is 3.79. The molecule has 2 heteroatoms. The fourth-order valence-corrected chi connectivity index (χ4v) is 3.06. The van der Waals surface area contributed by atoms with Crippen molar-refractivity contribution in [2.45, 2.75) is 26.0 Å². The van der Waals surface area contributed by atoms with Crippen molar-refractivity contribution >= 4 is 0 Å². The van der Waals surface area contributed by atoms with Crippen molar-refractivity contribution in [3.8, 4) is 0 Å². The van der Waals surface area contributed by atoms with Crippen LogP contribution in [0.4, 0.5) is 0 Å². The van der Waals surface area contributed by atoms with E-state index < -0.39 is 0 Å². The van der Waals surface area contributed by atoms with Gasteiger partial charge in [-0.25, -0.2) is 0 Å². The highest BCUT2D eigenvalue weighted by Crippen LogP contribution is 2.35. The van der Waals surface area contributed by atoms with Crippen LogP contribution in [-0.2, 0) is 0 Å². The van der Waals surface area contributed by atoms with Gasteiger partial charge in [-0.2, -0.15) is 0 Å². The van der Waals surface area contributed by atoms with Crippen LogP contribution in [-0.4, -0.2) is 29.2 Å². The van der Waals surface area contributed by atoms with Gasteiger partial charge in [0.1, 0.15) is 0 Å². The van der Waals surface area contributed by atoms with Crippen LogP contribution in [0.1, 0.15) is 31.0 Å². The fraction of sp³-hybridized carbons (Fsp3) is 0.300. The van der Waals surface area contributed by atoms with E-state index in [4.69, 9.17) is 0 Å². The van der Waals surface area contributed by atoms with Gasteiger partial charge in [0.05, 0.1) is 12.1 Å². The van der Waals surface area contributed by atoms with Crippen molar-refractivity contribution in [1.82, 2.24) is 4.90 Å². The highest BCUT2D eigenvalue weighted by molar-refractivity contribution is 5.35. The summed E-state index contributed by atoms with van der Waals surface area (Å²) in [4.78, 5) is 2.46. The zero-order chi connectivity index (χ0) is 15.5. The maximum atomic E-state index is 9.74. The molecule has 0 radical (unpaired) electrons. The van der Waals surface area contributed by atoms with Gasteiger partial charge in [0, 0.05) is 13.1 Å². The van der Waals surface area contributed by atoms with Gasteiger partial charge in [0.2, 0.25) is 0 Å². The summed E-state index contributed by atoms with van der Waals surface area (Å²) in [6.45, 7) is 5.75. The minimum Gasteiger partial charge on any atom is -0.389 e. The maximum Gasteiger partial charge on any atom is 0.0722 e. The van der Waals surface area contributed by atoms with Gasteiger partial charge in [-0.15, -0.1) is 0 Å². The summed E-state index contributed by atoms with van der Waals surface area (Å²) in [5.41, 5.74) is 5.13. The van der Waals surface area contributed by atoms with Crippen LogP contribution >= 0.6 is 0 Å². The molecule has 1 aliphatic heterocycles. The lowest BCUT2D eigenvalue weighted by Crippen LogP contribution is -2.44. The van der Waals surface area contributed by atoms with Crippen molar-refractivity contribution in [3.63, 3.8) is 0 Å². The van der Waals surface area contributed by atoms with E-state index in [-0.39, 0.29) is 12.1 Å². The van der Waals surface area contributed by atoms with Gasteiger partial charge in [-0.3, -0.25) is 4.90 Å². The molecule has 1 aliphatic rings. The third kappa shape index (κ3) is 2.99.